The second-order valence-electron chi connectivity index (χ2n) is 2.91. The maximum atomic E-state index is 4.27. The lowest BCUT2D eigenvalue weighted by Gasteiger charge is -2.14. The topological polar surface area (TPSA) is 52.2 Å². The molecule has 2 aliphatic heterocycles. The molecule has 0 saturated carbocycles. The van der Waals surface area contributed by atoms with Crippen LogP contribution in [0.5, 0.6) is 0 Å². The minimum absolute atomic E-state index is 0.267. The van der Waals surface area contributed by atoms with Gasteiger partial charge in [-0.3, -0.25) is 0 Å². The fourth-order valence-corrected chi connectivity index (χ4v) is 1.60. The van der Waals surface area contributed by atoms with E-state index in [1.165, 1.54) is 11.1 Å². The molecular formula is C8H8N4. The van der Waals surface area contributed by atoms with Gasteiger partial charge in [0.25, 0.3) is 0 Å². The normalized spacial score (nSPS) is 24.3. The number of hydrogen-bond donors (Lipinski definition) is 3. The summed E-state index contributed by atoms with van der Waals surface area (Å²) in [6.45, 7) is 0. The van der Waals surface area contributed by atoms with Crippen LogP contribution in [0.1, 0.15) is 11.6 Å². The van der Waals surface area contributed by atoms with Gasteiger partial charge in [-0.15, -0.1) is 0 Å². The van der Waals surface area contributed by atoms with E-state index in [0.717, 1.165) is 5.82 Å². The van der Waals surface area contributed by atoms with Crippen LogP contribution in [0.3, 0.4) is 0 Å². The second-order valence-corrected chi connectivity index (χ2v) is 2.91. The van der Waals surface area contributed by atoms with Gasteiger partial charge in [-0.2, -0.15) is 0 Å². The molecule has 0 amide bonds. The third-order valence-corrected chi connectivity index (χ3v) is 2.21. The molecular weight excluding hydrogens is 152 g/mol. The number of H-pyrrole nitrogens is 1. The van der Waals surface area contributed by atoms with Crippen LogP contribution in [0.15, 0.2) is 29.0 Å². The third-order valence-electron chi connectivity index (χ3n) is 2.21. The molecule has 0 saturated heterocycles. The van der Waals surface area contributed by atoms with Crippen molar-refractivity contribution in [2.24, 2.45) is 4.99 Å². The number of nitrogens with one attached hydrogen (secondary N) is 3. The Morgan fingerprint density at radius 3 is 3.42 bits per heavy atom. The minimum atomic E-state index is 0.267. The first-order valence-corrected chi connectivity index (χ1v) is 3.87. The van der Waals surface area contributed by atoms with Crippen molar-refractivity contribution in [1.82, 2.24) is 15.8 Å². The first kappa shape index (κ1) is 6.02. The first-order valence-electron chi connectivity index (χ1n) is 3.87. The number of fused-ring (bicyclic) bond motifs is 3. The van der Waals surface area contributed by atoms with Crippen LogP contribution >= 0.6 is 0 Å². The van der Waals surface area contributed by atoms with E-state index < -0.39 is 0 Å². The Bertz CT molecular complexity index is 374. The highest BCUT2D eigenvalue weighted by molar-refractivity contribution is 5.86. The van der Waals surface area contributed by atoms with Crippen molar-refractivity contribution in [2.45, 2.75) is 6.04 Å². The van der Waals surface area contributed by atoms with E-state index in [-0.39, 0.29) is 6.04 Å². The van der Waals surface area contributed by atoms with Gasteiger partial charge in [0.2, 0.25) is 0 Å². The Kier molecular flexibility index (Phi) is 0.995. The molecule has 1 aromatic heterocycles. The average molecular weight is 160 g/mol. The molecule has 60 valence electrons. The molecule has 0 fully saturated rings. The highest BCUT2D eigenvalue weighted by Gasteiger charge is 2.25. The van der Waals surface area contributed by atoms with Crippen molar-refractivity contribution in [3.05, 3.63) is 29.6 Å². The summed E-state index contributed by atoms with van der Waals surface area (Å²) in [5, 5.41) is 0. The van der Waals surface area contributed by atoms with Crippen molar-refractivity contribution in [3.8, 4) is 0 Å². The summed E-state index contributed by atoms with van der Waals surface area (Å²) in [6, 6.07) is 2.31. The zero-order valence-corrected chi connectivity index (χ0v) is 6.33. The molecule has 0 bridgehead atoms. The van der Waals surface area contributed by atoms with Crippen molar-refractivity contribution in [3.63, 3.8) is 0 Å². The number of hydrazine groups is 1. The number of rotatable bonds is 0. The molecule has 0 spiro atoms. The molecule has 2 aliphatic rings. The molecule has 4 heteroatoms. The summed E-state index contributed by atoms with van der Waals surface area (Å²) in [6.07, 6.45) is 5.71. The van der Waals surface area contributed by atoms with Crippen LogP contribution in [-0.2, 0) is 0 Å². The third kappa shape index (κ3) is 0.622. The fourth-order valence-electron chi connectivity index (χ4n) is 1.60. The molecule has 3 rings (SSSR count). The molecule has 12 heavy (non-hydrogen) atoms. The number of aliphatic imine (C=N–C) groups is 1. The molecule has 0 radical (unpaired) electrons. The van der Waals surface area contributed by atoms with Gasteiger partial charge in [0.1, 0.15) is 5.82 Å². The van der Waals surface area contributed by atoms with Gasteiger partial charge < -0.3 is 10.4 Å². The van der Waals surface area contributed by atoms with Crippen LogP contribution in [-0.4, -0.2) is 11.2 Å². The Balaban J connectivity index is 2.20. The predicted molar refractivity (Wildman–Crippen MR) is 46.0 cm³/mol. The summed E-state index contributed by atoms with van der Waals surface area (Å²) in [7, 11) is 0. The summed E-state index contributed by atoms with van der Waals surface area (Å²) in [5.74, 6) is 0.952. The quantitative estimate of drug-likeness (QED) is 0.525. The Morgan fingerprint density at radius 2 is 2.42 bits per heavy atom. The Morgan fingerprint density at radius 1 is 1.42 bits per heavy atom. The van der Waals surface area contributed by atoms with Gasteiger partial charge in [0.05, 0.1) is 6.04 Å². The average Bonchev–Trinajstić information content (AvgIpc) is 2.71. The highest BCUT2D eigenvalue weighted by atomic mass is 15.4. The van der Waals surface area contributed by atoms with Crippen LogP contribution in [0.2, 0.25) is 0 Å². The molecule has 0 aliphatic carbocycles. The van der Waals surface area contributed by atoms with Gasteiger partial charge in [0.15, 0.2) is 0 Å². The van der Waals surface area contributed by atoms with E-state index in [1.807, 2.05) is 24.7 Å². The minimum Gasteiger partial charge on any atom is -0.346 e. The number of nitrogens with zero attached hydrogens (tertiary/aromatic N) is 1. The Hall–Kier alpha value is -1.55. The molecule has 1 unspecified atom stereocenters. The smallest absolute Gasteiger partial charge is 0.135 e. The van der Waals surface area contributed by atoms with Crippen LogP contribution in [0.25, 0.3) is 0 Å². The maximum Gasteiger partial charge on any atom is 0.135 e. The van der Waals surface area contributed by atoms with Crippen molar-refractivity contribution >= 4 is 12.0 Å². The van der Waals surface area contributed by atoms with Gasteiger partial charge >= 0.3 is 0 Å². The lowest BCUT2D eigenvalue weighted by atomic mass is 10.0. The zero-order valence-electron chi connectivity index (χ0n) is 6.33. The van der Waals surface area contributed by atoms with Gasteiger partial charge in [-0.25, -0.2) is 10.4 Å². The van der Waals surface area contributed by atoms with Crippen molar-refractivity contribution < 1.29 is 0 Å². The summed E-state index contributed by atoms with van der Waals surface area (Å²) in [5.41, 5.74) is 8.51. The van der Waals surface area contributed by atoms with E-state index >= 15 is 0 Å². The Labute approximate surface area is 69.4 Å². The van der Waals surface area contributed by atoms with E-state index in [1.54, 1.807) is 0 Å². The predicted octanol–water partition coefficient (Wildman–Crippen LogP) is 0.763. The van der Waals surface area contributed by atoms with E-state index in [9.17, 15) is 0 Å². The second kappa shape index (κ2) is 1.98. The van der Waals surface area contributed by atoms with E-state index in [2.05, 4.69) is 20.8 Å². The monoisotopic (exact) mass is 160 g/mol. The lowest BCUT2D eigenvalue weighted by molar-refractivity contribution is 0.604. The highest BCUT2D eigenvalue weighted by Crippen LogP contribution is 2.33. The molecule has 0 aromatic carbocycles. The first-order chi connectivity index (χ1) is 5.95. The molecule has 1 atom stereocenters. The zero-order chi connectivity index (χ0) is 7.97. The maximum absolute atomic E-state index is 4.27. The largest absolute Gasteiger partial charge is 0.346 e. The fraction of sp³-hybridized carbons (Fsp3) is 0.125. The van der Waals surface area contributed by atoms with Crippen molar-refractivity contribution in [2.75, 3.05) is 0 Å². The SMILES string of the molecule is C1=Nc2[nH]ccc2C2NNC=C12. The summed E-state index contributed by atoms with van der Waals surface area (Å²) >= 11 is 0. The number of aromatic nitrogens is 1. The lowest BCUT2D eigenvalue weighted by Crippen LogP contribution is -2.25. The number of aromatic amines is 1. The molecule has 4 nitrogen and oxygen atoms in total. The van der Waals surface area contributed by atoms with Gasteiger partial charge in [-0.05, 0) is 6.07 Å². The van der Waals surface area contributed by atoms with Gasteiger partial charge in [0, 0.05) is 29.7 Å². The van der Waals surface area contributed by atoms with Crippen LogP contribution in [0, 0.1) is 0 Å². The van der Waals surface area contributed by atoms with E-state index in [0.29, 0.717) is 0 Å². The number of hydrogen-bond acceptors (Lipinski definition) is 3. The molecule has 3 heterocycles. The van der Waals surface area contributed by atoms with Crippen molar-refractivity contribution in [1.29, 1.82) is 0 Å². The summed E-state index contributed by atoms with van der Waals surface area (Å²) in [4.78, 5) is 7.34. The van der Waals surface area contributed by atoms with Crippen LogP contribution < -0.4 is 10.9 Å². The summed E-state index contributed by atoms with van der Waals surface area (Å²) < 4.78 is 0. The molecule has 1 aromatic rings. The standard InChI is InChI=1S/C8H8N4/c1-2-9-8-6(1)7-5(3-10-8)4-11-12-7/h1-4,7,9,11-12H. The van der Waals surface area contributed by atoms with Crippen LogP contribution in [0.4, 0.5) is 5.82 Å². The van der Waals surface area contributed by atoms with E-state index in [4.69, 9.17) is 0 Å². The van der Waals surface area contributed by atoms with Gasteiger partial charge in [-0.1, -0.05) is 0 Å². The molecule has 3 N–H and O–H groups in total.